The predicted molar refractivity (Wildman–Crippen MR) is 100 cm³/mol. The van der Waals surface area contributed by atoms with E-state index in [-0.39, 0.29) is 30.7 Å². The van der Waals surface area contributed by atoms with E-state index in [9.17, 15) is 4.79 Å². The van der Waals surface area contributed by atoms with E-state index in [0.29, 0.717) is 13.0 Å². The molecule has 0 aliphatic rings. The fourth-order valence-electron chi connectivity index (χ4n) is 2.38. The lowest BCUT2D eigenvalue weighted by molar-refractivity contribution is -0.121. The molecular formula is C17H25Cl2N3O. The molecule has 2 aromatic rings. The molecule has 0 aliphatic heterocycles. The van der Waals surface area contributed by atoms with Crippen LogP contribution in [0.2, 0.25) is 0 Å². The topological polar surface area (TPSA) is 68.0 Å². The molecule has 1 aromatic carbocycles. The average molecular weight is 358 g/mol. The second kappa shape index (κ2) is 12.1. The van der Waals surface area contributed by atoms with Crippen LogP contribution in [0.1, 0.15) is 37.7 Å². The third kappa shape index (κ3) is 7.16. The Hall–Kier alpha value is -1.36. The molecule has 0 saturated carbocycles. The van der Waals surface area contributed by atoms with E-state index < -0.39 is 0 Å². The fraction of sp³-hybridized carbons (Fsp3) is 0.412. The highest BCUT2D eigenvalue weighted by Crippen LogP contribution is 2.15. The molecule has 3 N–H and O–H groups in total. The van der Waals surface area contributed by atoms with Gasteiger partial charge in [-0.25, -0.2) is 0 Å². The molecule has 0 aliphatic carbocycles. The first-order chi connectivity index (χ1) is 10.3. The molecule has 0 bridgehead atoms. The maximum absolute atomic E-state index is 11.8. The van der Waals surface area contributed by atoms with Gasteiger partial charge in [-0.05, 0) is 31.0 Å². The zero-order valence-electron chi connectivity index (χ0n) is 13.2. The summed E-state index contributed by atoms with van der Waals surface area (Å²) in [7, 11) is 0. The Morgan fingerprint density at radius 1 is 1.04 bits per heavy atom. The Bertz CT molecular complexity index is 588. The molecule has 2 rings (SSSR count). The minimum absolute atomic E-state index is 0. The molecule has 4 nitrogen and oxygen atoms in total. The highest BCUT2D eigenvalue weighted by molar-refractivity contribution is 5.85. The molecular weight excluding hydrogens is 333 g/mol. The molecule has 0 saturated heterocycles. The SMILES string of the molecule is Cl.Cl.NCCCCCCC(=O)NCc1cccc2cccnc12. The second-order valence-electron chi connectivity index (χ2n) is 5.22. The number of fused-ring (bicyclic) bond motifs is 1. The van der Waals surface area contributed by atoms with Gasteiger partial charge in [0.25, 0.3) is 0 Å². The van der Waals surface area contributed by atoms with Crippen LogP contribution in [0.15, 0.2) is 36.5 Å². The lowest BCUT2D eigenvalue weighted by atomic mass is 10.1. The van der Waals surface area contributed by atoms with Crippen LogP contribution in [-0.2, 0) is 11.3 Å². The van der Waals surface area contributed by atoms with Crippen molar-refractivity contribution in [2.45, 2.75) is 38.6 Å². The van der Waals surface area contributed by atoms with E-state index in [1.807, 2.05) is 30.3 Å². The second-order valence-corrected chi connectivity index (χ2v) is 5.22. The molecule has 1 heterocycles. The van der Waals surface area contributed by atoms with Gasteiger partial charge in [0.15, 0.2) is 0 Å². The number of unbranched alkanes of at least 4 members (excludes halogenated alkanes) is 3. The van der Waals surface area contributed by atoms with Crippen LogP contribution in [0.25, 0.3) is 10.9 Å². The Balaban J connectivity index is 0.00000242. The van der Waals surface area contributed by atoms with Gasteiger partial charge in [0.05, 0.1) is 5.52 Å². The molecule has 1 amide bonds. The van der Waals surface area contributed by atoms with Crippen LogP contribution < -0.4 is 11.1 Å². The number of carbonyl (C=O) groups excluding carboxylic acids is 1. The van der Waals surface area contributed by atoms with Gasteiger partial charge < -0.3 is 11.1 Å². The lowest BCUT2D eigenvalue weighted by Gasteiger charge is -2.08. The predicted octanol–water partition coefficient (Wildman–Crippen LogP) is 3.60. The number of aromatic nitrogens is 1. The summed E-state index contributed by atoms with van der Waals surface area (Å²) in [5, 5.41) is 4.08. The number of carbonyl (C=O) groups is 1. The van der Waals surface area contributed by atoms with Crippen molar-refractivity contribution in [3.8, 4) is 0 Å². The molecule has 23 heavy (non-hydrogen) atoms. The third-order valence-corrected chi connectivity index (χ3v) is 3.55. The number of halogens is 2. The average Bonchev–Trinajstić information content (AvgIpc) is 2.52. The number of nitrogens with zero attached hydrogens (tertiary/aromatic N) is 1. The highest BCUT2D eigenvalue weighted by atomic mass is 35.5. The van der Waals surface area contributed by atoms with E-state index >= 15 is 0 Å². The molecule has 0 spiro atoms. The summed E-state index contributed by atoms with van der Waals surface area (Å²) >= 11 is 0. The molecule has 1 aromatic heterocycles. The lowest BCUT2D eigenvalue weighted by Crippen LogP contribution is -2.22. The number of hydrogen-bond acceptors (Lipinski definition) is 3. The van der Waals surface area contributed by atoms with Crippen LogP contribution in [0.4, 0.5) is 0 Å². The van der Waals surface area contributed by atoms with E-state index in [1.165, 1.54) is 0 Å². The Morgan fingerprint density at radius 3 is 2.57 bits per heavy atom. The Kier molecular flexibility index (Phi) is 11.4. The molecule has 0 radical (unpaired) electrons. The van der Waals surface area contributed by atoms with Gasteiger partial charge in [-0.2, -0.15) is 0 Å². The number of amides is 1. The van der Waals surface area contributed by atoms with Gasteiger partial charge >= 0.3 is 0 Å². The summed E-state index contributed by atoms with van der Waals surface area (Å²) in [5.41, 5.74) is 7.46. The summed E-state index contributed by atoms with van der Waals surface area (Å²) in [5.74, 6) is 0.107. The zero-order valence-corrected chi connectivity index (χ0v) is 14.8. The Morgan fingerprint density at radius 2 is 1.78 bits per heavy atom. The van der Waals surface area contributed by atoms with Crippen molar-refractivity contribution in [1.29, 1.82) is 0 Å². The number of nitrogens with two attached hydrogens (primary N) is 1. The maximum atomic E-state index is 11.8. The van der Waals surface area contributed by atoms with Crippen molar-refractivity contribution in [1.82, 2.24) is 10.3 Å². The minimum atomic E-state index is 0. The zero-order chi connectivity index (χ0) is 14.9. The number of rotatable bonds is 8. The number of nitrogens with one attached hydrogen (secondary N) is 1. The van der Waals surface area contributed by atoms with Crippen molar-refractivity contribution in [3.05, 3.63) is 42.1 Å². The van der Waals surface area contributed by atoms with Crippen LogP contribution in [-0.4, -0.2) is 17.4 Å². The summed E-state index contributed by atoms with van der Waals surface area (Å²) in [6, 6.07) is 10.00. The van der Waals surface area contributed by atoms with E-state index in [1.54, 1.807) is 6.20 Å². The van der Waals surface area contributed by atoms with Gasteiger partial charge in [-0.3, -0.25) is 9.78 Å². The third-order valence-electron chi connectivity index (χ3n) is 3.55. The normalized spacial score (nSPS) is 9.78. The van der Waals surface area contributed by atoms with Crippen molar-refractivity contribution in [2.24, 2.45) is 5.73 Å². The molecule has 0 fully saturated rings. The quantitative estimate of drug-likeness (QED) is 0.709. The first-order valence-electron chi connectivity index (χ1n) is 7.60. The number of pyridine rings is 1. The highest BCUT2D eigenvalue weighted by Gasteiger charge is 2.04. The standard InChI is InChI=1S/C17H23N3O.2ClH/c18-11-4-2-1-3-10-16(21)20-13-15-8-5-7-14-9-6-12-19-17(14)15;;/h5-9,12H,1-4,10-11,13,18H2,(H,20,21);2*1H. The van der Waals surface area contributed by atoms with Crippen LogP contribution in [0.3, 0.4) is 0 Å². The van der Waals surface area contributed by atoms with E-state index in [4.69, 9.17) is 5.73 Å². The number of benzene rings is 1. The van der Waals surface area contributed by atoms with Crippen molar-refractivity contribution in [3.63, 3.8) is 0 Å². The summed E-state index contributed by atoms with van der Waals surface area (Å²) < 4.78 is 0. The van der Waals surface area contributed by atoms with Crippen LogP contribution >= 0.6 is 24.8 Å². The fourth-order valence-corrected chi connectivity index (χ4v) is 2.38. The summed E-state index contributed by atoms with van der Waals surface area (Å²) in [6.45, 7) is 1.27. The van der Waals surface area contributed by atoms with Crippen LogP contribution in [0, 0.1) is 0 Å². The van der Waals surface area contributed by atoms with Gasteiger partial charge in [0.2, 0.25) is 5.91 Å². The largest absolute Gasteiger partial charge is 0.352 e. The van der Waals surface area contributed by atoms with Crippen molar-refractivity contribution < 1.29 is 4.79 Å². The van der Waals surface area contributed by atoms with Crippen molar-refractivity contribution in [2.75, 3.05) is 6.54 Å². The molecule has 6 heteroatoms. The smallest absolute Gasteiger partial charge is 0.220 e. The molecule has 128 valence electrons. The summed E-state index contributed by atoms with van der Waals surface area (Å²) in [4.78, 5) is 16.2. The van der Waals surface area contributed by atoms with Gasteiger partial charge in [-0.15, -0.1) is 24.8 Å². The Labute approximate surface area is 150 Å². The van der Waals surface area contributed by atoms with E-state index in [2.05, 4.69) is 10.3 Å². The number of hydrogen-bond donors (Lipinski definition) is 2. The van der Waals surface area contributed by atoms with Gasteiger partial charge in [0.1, 0.15) is 0 Å². The number of para-hydroxylation sites is 1. The minimum Gasteiger partial charge on any atom is -0.352 e. The molecule has 0 unspecified atom stereocenters. The first-order valence-corrected chi connectivity index (χ1v) is 7.60. The first kappa shape index (κ1) is 21.6. The molecule has 0 atom stereocenters. The van der Waals surface area contributed by atoms with Gasteiger partial charge in [-0.1, -0.05) is 37.1 Å². The summed E-state index contributed by atoms with van der Waals surface area (Å²) in [6.07, 6.45) is 6.52. The monoisotopic (exact) mass is 357 g/mol. The van der Waals surface area contributed by atoms with E-state index in [0.717, 1.165) is 48.7 Å². The van der Waals surface area contributed by atoms with Crippen LogP contribution in [0.5, 0.6) is 0 Å². The van der Waals surface area contributed by atoms with Gasteiger partial charge in [0, 0.05) is 24.5 Å². The maximum Gasteiger partial charge on any atom is 0.220 e. The van der Waals surface area contributed by atoms with Crippen molar-refractivity contribution >= 4 is 41.6 Å².